The van der Waals surface area contributed by atoms with Gasteiger partial charge in [0.25, 0.3) is 0 Å². The minimum atomic E-state index is -0.958. The smallest absolute Gasteiger partial charge is 0.184 e. The molecule has 138 valence electrons. The molecule has 2 N–H and O–H groups in total. The third kappa shape index (κ3) is 5.79. The molecule has 0 saturated carbocycles. The average Bonchev–Trinajstić information content (AvgIpc) is 3.04. The molecule has 0 heterocycles. The van der Waals surface area contributed by atoms with E-state index < -0.39 is 12.2 Å². The summed E-state index contributed by atoms with van der Waals surface area (Å²) in [6, 6.07) is 0. The van der Waals surface area contributed by atoms with E-state index in [0.717, 1.165) is 30.4 Å². The Hall–Kier alpha value is -1.45. The molecule has 3 heteroatoms. The summed E-state index contributed by atoms with van der Waals surface area (Å²) in [4.78, 5) is 11.9. The van der Waals surface area contributed by atoms with Crippen molar-refractivity contribution in [3.63, 3.8) is 0 Å². The van der Waals surface area contributed by atoms with Gasteiger partial charge in [-0.3, -0.25) is 4.79 Å². The van der Waals surface area contributed by atoms with Crippen LogP contribution in [-0.4, -0.2) is 28.2 Å². The molecule has 0 saturated heterocycles. The Labute approximate surface area is 151 Å². The molecule has 0 fully saturated rings. The molecular formula is C22H32O3. The molecule has 0 aromatic carbocycles. The van der Waals surface area contributed by atoms with Gasteiger partial charge < -0.3 is 10.2 Å². The topological polar surface area (TPSA) is 57.5 Å². The predicted octanol–water partition coefficient (Wildman–Crippen LogP) is 4.27. The fraction of sp³-hybridized carbons (Fsp3) is 0.591. The lowest BCUT2D eigenvalue weighted by atomic mass is 9.76. The Bertz CT molecular complexity index is 568. The van der Waals surface area contributed by atoms with E-state index in [9.17, 15) is 15.0 Å². The molecule has 0 radical (unpaired) electrons. The van der Waals surface area contributed by atoms with Crippen LogP contribution >= 0.6 is 0 Å². The molecular weight excluding hydrogens is 312 g/mol. The minimum absolute atomic E-state index is 0.182. The number of hydrogen-bond acceptors (Lipinski definition) is 3. The van der Waals surface area contributed by atoms with Gasteiger partial charge in [-0.05, 0) is 37.3 Å². The monoisotopic (exact) mass is 344 g/mol. The first-order valence-corrected chi connectivity index (χ1v) is 9.67. The summed E-state index contributed by atoms with van der Waals surface area (Å²) >= 11 is 0. The van der Waals surface area contributed by atoms with E-state index in [2.05, 4.69) is 13.0 Å². The summed E-state index contributed by atoms with van der Waals surface area (Å²) in [7, 11) is 0. The zero-order valence-electron chi connectivity index (χ0n) is 15.5. The van der Waals surface area contributed by atoms with Crippen molar-refractivity contribution in [1.82, 2.24) is 0 Å². The molecule has 4 atom stereocenters. The Morgan fingerprint density at radius 1 is 1.32 bits per heavy atom. The van der Waals surface area contributed by atoms with Gasteiger partial charge in [-0.1, -0.05) is 75.0 Å². The van der Waals surface area contributed by atoms with Crippen molar-refractivity contribution in [1.29, 1.82) is 0 Å². The molecule has 25 heavy (non-hydrogen) atoms. The van der Waals surface area contributed by atoms with Crippen LogP contribution in [0.2, 0.25) is 0 Å². The quantitative estimate of drug-likeness (QED) is 0.485. The largest absolute Gasteiger partial charge is 0.389 e. The number of unbranched alkanes of at least 4 members (excludes halogenated alkanes) is 4. The number of fused-ring (bicyclic) bond motifs is 1. The lowest BCUT2D eigenvalue weighted by molar-refractivity contribution is -0.125. The van der Waals surface area contributed by atoms with E-state index in [1.807, 2.05) is 31.2 Å². The van der Waals surface area contributed by atoms with E-state index in [-0.39, 0.29) is 17.6 Å². The van der Waals surface area contributed by atoms with E-state index in [1.165, 1.54) is 25.7 Å². The highest BCUT2D eigenvalue weighted by atomic mass is 16.3. The molecule has 3 nitrogen and oxygen atoms in total. The van der Waals surface area contributed by atoms with Crippen molar-refractivity contribution in [3.8, 4) is 0 Å². The number of aliphatic hydroxyl groups is 2. The van der Waals surface area contributed by atoms with E-state index in [0.29, 0.717) is 0 Å². The van der Waals surface area contributed by atoms with Gasteiger partial charge in [-0.25, -0.2) is 0 Å². The molecule has 0 amide bonds. The minimum Gasteiger partial charge on any atom is -0.389 e. The Balaban J connectivity index is 1.87. The first kappa shape index (κ1) is 19.9. The molecule has 0 aliphatic heterocycles. The summed E-state index contributed by atoms with van der Waals surface area (Å²) in [5, 5.41) is 20.3. The van der Waals surface area contributed by atoms with Crippen molar-refractivity contribution in [2.24, 2.45) is 11.8 Å². The van der Waals surface area contributed by atoms with Crippen LogP contribution in [0.25, 0.3) is 0 Å². The van der Waals surface area contributed by atoms with Gasteiger partial charge >= 0.3 is 0 Å². The standard InChI is InChI=1S/C22H32O3/c1-3-4-5-6-7-10-18(23)13-12-16(2)14-20-19-11-8-9-17(19)15-21(24)22(20)25/h8-9,12-15,18-20,22-23,25H,3-7,10-11H2,1-2H3. The highest BCUT2D eigenvalue weighted by Crippen LogP contribution is 2.38. The zero-order chi connectivity index (χ0) is 18.2. The number of allylic oxidation sites excluding steroid dienone is 5. The summed E-state index contributed by atoms with van der Waals surface area (Å²) in [6.07, 6.45) is 17.6. The summed E-state index contributed by atoms with van der Waals surface area (Å²) < 4.78 is 0. The number of carbonyl (C=O) groups is 1. The first-order valence-electron chi connectivity index (χ1n) is 9.67. The van der Waals surface area contributed by atoms with E-state index >= 15 is 0 Å². The van der Waals surface area contributed by atoms with Crippen molar-refractivity contribution in [2.75, 3.05) is 0 Å². The van der Waals surface area contributed by atoms with Gasteiger partial charge in [0.1, 0.15) is 6.10 Å². The molecule has 0 aromatic heterocycles. The van der Waals surface area contributed by atoms with E-state index in [4.69, 9.17) is 0 Å². The summed E-state index contributed by atoms with van der Waals surface area (Å²) in [6.45, 7) is 4.16. The third-order valence-electron chi connectivity index (χ3n) is 5.20. The van der Waals surface area contributed by atoms with Crippen LogP contribution in [0, 0.1) is 11.8 Å². The van der Waals surface area contributed by atoms with Gasteiger partial charge in [-0.2, -0.15) is 0 Å². The van der Waals surface area contributed by atoms with Crippen molar-refractivity contribution < 1.29 is 15.0 Å². The Morgan fingerprint density at radius 2 is 2.08 bits per heavy atom. The molecule has 4 unspecified atom stereocenters. The number of carbonyl (C=O) groups excluding carboxylic acids is 1. The summed E-state index contributed by atoms with van der Waals surface area (Å²) in [5.41, 5.74) is 2.01. The van der Waals surface area contributed by atoms with E-state index in [1.54, 1.807) is 6.08 Å². The number of rotatable bonds is 9. The maximum absolute atomic E-state index is 11.9. The normalized spacial score (nSPS) is 27.7. The van der Waals surface area contributed by atoms with Crippen molar-refractivity contribution in [3.05, 3.63) is 47.6 Å². The van der Waals surface area contributed by atoms with Crippen LogP contribution in [0.5, 0.6) is 0 Å². The van der Waals surface area contributed by atoms with Gasteiger partial charge in [-0.15, -0.1) is 0 Å². The molecule has 2 aliphatic rings. The molecule has 2 rings (SSSR count). The molecule has 0 aromatic rings. The van der Waals surface area contributed by atoms with Crippen LogP contribution in [0.4, 0.5) is 0 Å². The highest BCUT2D eigenvalue weighted by molar-refractivity contribution is 5.96. The Morgan fingerprint density at radius 3 is 2.84 bits per heavy atom. The second kappa shape index (κ2) is 9.88. The Kier molecular flexibility index (Phi) is 7.86. The van der Waals surface area contributed by atoms with Crippen LogP contribution in [-0.2, 0) is 4.79 Å². The van der Waals surface area contributed by atoms with Gasteiger partial charge in [0.05, 0.1) is 6.10 Å². The van der Waals surface area contributed by atoms with Crippen LogP contribution < -0.4 is 0 Å². The lowest BCUT2D eigenvalue weighted by Gasteiger charge is -2.30. The number of ketones is 1. The third-order valence-corrected chi connectivity index (χ3v) is 5.20. The van der Waals surface area contributed by atoms with Crippen LogP contribution in [0.15, 0.2) is 47.6 Å². The highest BCUT2D eigenvalue weighted by Gasteiger charge is 2.37. The van der Waals surface area contributed by atoms with Gasteiger partial charge in [0.2, 0.25) is 0 Å². The number of hydrogen-bond donors (Lipinski definition) is 2. The number of aliphatic hydroxyl groups excluding tert-OH is 2. The summed E-state index contributed by atoms with van der Waals surface area (Å²) in [5.74, 6) is -0.194. The van der Waals surface area contributed by atoms with Crippen LogP contribution in [0.1, 0.15) is 58.8 Å². The molecule has 2 aliphatic carbocycles. The average molecular weight is 344 g/mol. The second-order valence-corrected chi connectivity index (χ2v) is 7.35. The van der Waals surface area contributed by atoms with Crippen molar-refractivity contribution in [2.45, 2.75) is 71.0 Å². The van der Waals surface area contributed by atoms with Crippen LogP contribution in [0.3, 0.4) is 0 Å². The maximum atomic E-state index is 11.9. The fourth-order valence-corrected chi connectivity index (χ4v) is 3.69. The molecule has 0 bridgehead atoms. The van der Waals surface area contributed by atoms with Gasteiger partial charge in [0, 0.05) is 5.92 Å². The zero-order valence-corrected chi connectivity index (χ0v) is 15.5. The maximum Gasteiger partial charge on any atom is 0.184 e. The molecule has 0 spiro atoms. The SMILES string of the molecule is CCCCCCCC(O)C=CC(C)=CC1C(O)C(=O)C=C2C=CCC21. The van der Waals surface area contributed by atoms with Gasteiger partial charge in [0.15, 0.2) is 5.78 Å². The first-order chi connectivity index (χ1) is 12.0. The lowest BCUT2D eigenvalue weighted by Crippen LogP contribution is -2.36. The van der Waals surface area contributed by atoms with Crippen molar-refractivity contribution >= 4 is 5.78 Å². The predicted molar refractivity (Wildman–Crippen MR) is 102 cm³/mol. The second-order valence-electron chi connectivity index (χ2n) is 7.35. The fourth-order valence-electron chi connectivity index (χ4n) is 3.69.